The molecule has 0 saturated heterocycles. The summed E-state index contributed by atoms with van der Waals surface area (Å²) in [4.78, 5) is 13.7. The van der Waals surface area contributed by atoms with Gasteiger partial charge >= 0.3 is 0 Å². The van der Waals surface area contributed by atoms with E-state index >= 15 is 0 Å². The first-order valence-corrected chi connectivity index (χ1v) is 6.81. The van der Waals surface area contributed by atoms with Crippen LogP contribution in [0.15, 0.2) is 36.4 Å². The van der Waals surface area contributed by atoms with Crippen molar-refractivity contribution in [2.75, 3.05) is 19.8 Å². The van der Waals surface area contributed by atoms with E-state index < -0.39 is 0 Å². The van der Waals surface area contributed by atoms with E-state index in [0.29, 0.717) is 27.8 Å². The zero-order valence-electron chi connectivity index (χ0n) is 12.2. The van der Waals surface area contributed by atoms with E-state index in [0.717, 1.165) is 5.56 Å². The van der Waals surface area contributed by atoms with Gasteiger partial charge < -0.3 is 15.4 Å². The number of aryl methyl sites for hydroxylation is 1. The number of nitrogens with zero attached hydrogens (tertiary/aromatic N) is 1. The highest BCUT2D eigenvalue weighted by molar-refractivity contribution is 6.31. The SMILES string of the molecule is Cc1cc(Oc2cc(N)ccc2C(=O)N(C)C)ccc1Cl. The Labute approximate surface area is 129 Å². The Morgan fingerprint density at radius 3 is 2.52 bits per heavy atom. The summed E-state index contributed by atoms with van der Waals surface area (Å²) in [5.74, 6) is 0.890. The highest BCUT2D eigenvalue weighted by Crippen LogP contribution is 2.30. The number of rotatable bonds is 3. The molecular weight excluding hydrogens is 288 g/mol. The Morgan fingerprint density at radius 1 is 1.19 bits per heavy atom. The molecule has 0 bridgehead atoms. The van der Waals surface area contributed by atoms with Gasteiger partial charge in [-0.3, -0.25) is 4.79 Å². The average molecular weight is 305 g/mol. The van der Waals surface area contributed by atoms with Gasteiger partial charge in [-0.25, -0.2) is 0 Å². The summed E-state index contributed by atoms with van der Waals surface area (Å²) >= 11 is 6.00. The third-order valence-corrected chi connectivity index (χ3v) is 3.42. The molecule has 0 spiro atoms. The van der Waals surface area contributed by atoms with E-state index in [9.17, 15) is 4.79 Å². The first kappa shape index (κ1) is 15.2. The lowest BCUT2D eigenvalue weighted by Gasteiger charge is -2.15. The number of anilines is 1. The van der Waals surface area contributed by atoms with Crippen LogP contribution in [0.1, 0.15) is 15.9 Å². The second kappa shape index (κ2) is 6.06. The second-order valence-electron chi connectivity index (χ2n) is 4.97. The molecule has 0 saturated carbocycles. The quantitative estimate of drug-likeness (QED) is 0.879. The van der Waals surface area contributed by atoms with Crippen molar-refractivity contribution in [3.63, 3.8) is 0 Å². The van der Waals surface area contributed by atoms with Crippen LogP contribution in [0.25, 0.3) is 0 Å². The lowest BCUT2D eigenvalue weighted by molar-refractivity contribution is 0.0825. The summed E-state index contributed by atoms with van der Waals surface area (Å²) in [6.07, 6.45) is 0. The average Bonchev–Trinajstić information content (AvgIpc) is 2.42. The summed E-state index contributed by atoms with van der Waals surface area (Å²) in [5, 5.41) is 0.666. The smallest absolute Gasteiger partial charge is 0.257 e. The Balaban J connectivity index is 2.40. The lowest BCUT2D eigenvalue weighted by atomic mass is 10.1. The summed E-state index contributed by atoms with van der Waals surface area (Å²) in [6.45, 7) is 1.89. The second-order valence-corrected chi connectivity index (χ2v) is 5.38. The summed E-state index contributed by atoms with van der Waals surface area (Å²) in [5.41, 5.74) is 7.68. The third kappa shape index (κ3) is 3.47. The third-order valence-electron chi connectivity index (χ3n) is 3.00. The number of amides is 1. The number of nitrogen functional groups attached to an aromatic ring is 1. The topological polar surface area (TPSA) is 55.6 Å². The first-order valence-electron chi connectivity index (χ1n) is 6.43. The molecule has 0 aliphatic rings. The van der Waals surface area contributed by atoms with Crippen molar-refractivity contribution in [2.24, 2.45) is 0 Å². The van der Waals surface area contributed by atoms with Crippen molar-refractivity contribution in [2.45, 2.75) is 6.92 Å². The normalized spacial score (nSPS) is 10.3. The Morgan fingerprint density at radius 2 is 1.90 bits per heavy atom. The van der Waals surface area contributed by atoms with Crippen LogP contribution in [0.4, 0.5) is 5.69 Å². The maximum Gasteiger partial charge on any atom is 0.257 e. The number of hydrogen-bond acceptors (Lipinski definition) is 3. The zero-order chi connectivity index (χ0) is 15.6. The molecule has 2 aromatic rings. The molecule has 4 nitrogen and oxygen atoms in total. The van der Waals surface area contributed by atoms with Crippen molar-refractivity contribution in [1.29, 1.82) is 0 Å². The largest absolute Gasteiger partial charge is 0.456 e. The van der Waals surface area contributed by atoms with Crippen LogP contribution < -0.4 is 10.5 Å². The van der Waals surface area contributed by atoms with Crippen molar-refractivity contribution in [3.8, 4) is 11.5 Å². The molecular formula is C16H17ClN2O2. The highest BCUT2D eigenvalue weighted by atomic mass is 35.5. The fraction of sp³-hybridized carbons (Fsp3) is 0.188. The summed E-state index contributed by atoms with van der Waals surface area (Å²) in [7, 11) is 3.38. The monoisotopic (exact) mass is 304 g/mol. The van der Waals surface area contributed by atoms with E-state index in [1.807, 2.05) is 13.0 Å². The van der Waals surface area contributed by atoms with Gasteiger partial charge in [0.05, 0.1) is 5.56 Å². The van der Waals surface area contributed by atoms with E-state index in [2.05, 4.69) is 0 Å². The van der Waals surface area contributed by atoms with Gasteiger partial charge in [-0.1, -0.05) is 11.6 Å². The standard InChI is InChI=1S/C16H17ClN2O2/c1-10-8-12(5-7-14(10)17)21-15-9-11(18)4-6-13(15)16(20)19(2)3/h4-9H,18H2,1-3H3. The number of benzene rings is 2. The van der Waals surface area contributed by atoms with E-state index in [4.69, 9.17) is 22.1 Å². The molecule has 0 aromatic heterocycles. The van der Waals surface area contributed by atoms with Crippen LogP contribution in [-0.2, 0) is 0 Å². The minimum absolute atomic E-state index is 0.143. The molecule has 0 unspecified atom stereocenters. The van der Waals surface area contributed by atoms with Crippen molar-refractivity contribution >= 4 is 23.2 Å². The van der Waals surface area contributed by atoms with Crippen LogP contribution in [0.2, 0.25) is 5.02 Å². The fourth-order valence-electron chi connectivity index (χ4n) is 1.85. The van der Waals surface area contributed by atoms with E-state index in [1.165, 1.54) is 4.90 Å². The van der Waals surface area contributed by atoms with Crippen LogP contribution in [0.5, 0.6) is 11.5 Å². The van der Waals surface area contributed by atoms with Gasteiger partial charge in [0, 0.05) is 30.9 Å². The Kier molecular flexibility index (Phi) is 4.38. The number of halogens is 1. The molecule has 21 heavy (non-hydrogen) atoms. The van der Waals surface area contributed by atoms with Gasteiger partial charge in [0.25, 0.3) is 5.91 Å². The Hall–Kier alpha value is -2.20. The molecule has 1 amide bonds. The van der Waals surface area contributed by atoms with E-state index in [-0.39, 0.29) is 5.91 Å². The van der Waals surface area contributed by atoms with Gasteiger partial charge in [0.2, 0.25) is 0 Å². The molecule has 110 valence electrons. The molecule has 5 heteroatoms. The molecule has 2 rings (SSSR count). The first-order chi connectivity index (χ1) is 9.88. The molecule has 2 aromatic carbocycles. The molecule has 0 aliphatic heterocycles. The van der Waals surface area contributed by atoms with Gasteiger partial charge in [0.1, 0.15) is 11.5 Å². The number of hydrogen-bond donors (Lipinski definition) is 1. The van der Waals surface area contributed by atoms with Gasteiger partial charge in [0.15, 0.2) is 0 Å². The molecule has 2 N–H and O–H groups in total. The molecule has 0 aliphatic carbocycles. The van der Waals surface area contributed by atoms with Crippen molar-refractivity contribution < 1.29 is 9.53 Å². The van der Waals surface area contributed by atoms with Crippen LogP contribution in [0.3, 0.4) is 0 Å². The van der Waals surface area contributed by atoms with Crippen molar-refractivity contribution in [1.82, 2.24) is 4.90 Å². The van der Waals surface area contributed by atoms with Gasteiger partial charge in [-0.2, -0.15) is 0 Å². The minimum atomic E-state index is -0.143. The maximum absolute atomic E-state index is 12.2. The summed E-state index contributed by atoms with van der Waals surface area (Å²) < 4.78 is 5.81. The number of ether oxygens (including phenoxy) is 1. The van der Waals surface area contributed by atoms with E-state index in [1.54, 1.807) is 44.4 Å². The highest BCUT2D eigenvalue weighted by Gasteiger charge is 2.15. The summed E-state index contributed by atoms with van der Waals surface area (Å²) in [6, 6.07) is 10.3. The number of nitrogens with two attached hydrogens (primary N) is 1. The number of carbonyl (C=O) groups excluding carboxylic acids is 1. The number of carbonyl (C=O) groups is 1. The molecule has 0 atom stereocenters. The van der Waals surface area contributed by atoms with Crippen LogP contribution in [0, 0.1) is 6.92 Å². The predicted octanol–water partition coefficient (Wildman–Crippen LogP) is 3.72. The molecule has 0 radical (unpaired) electrons. The van der Waals surface area contributed by atoms with Gasteiger partial charge in [-0.05, 0) is 42.8 Å². The Bertz CT molecular complexity index is 684. The van der Waals surface area contributed by atoms with Crippen molar-refractivity contribution in [3.05, 3.63) is 52.5 Å². The zero-order valence-corrected chi connectivity index (χ0v) is 12.9. The fourth-order valence-corrected chi connectivity index (χ4v) is 1.97. The van der Waals surface area contributed by atoms with Crippen LogP contribution in [-0.4, -0.2) is 24.9 Å². The maximum atomic E-state index is 12.2. The lowest BCUT2D eigenvalue weighted by Crippen LogP contribution is -2.22. The van der Waals surface area contributed by atoms with Gasteiger partial charge in [-0.15, -0.1) is 0 Å². The predicted molar refractivity (Wildman–Crippen MR) is 85.1 cm³/mol. The molecule has 0 heterocycles. The molecule has 0 fully saturated rings. The minimum Gasteiger partial charge on any atom is -0.456 e. The van der Waals surface area contributed by atoms with Crippen LogP contribution >= 0.6 is 11.6 Å².